The van der Waals surface area contributed by atoms with E-state index in [-0.39, 0.29) is 34.8 Å². The highest BCUT2D eigenvalue weighted by Gasteiger charge is 2.22. The molecule has 23 heavy (non-hydrogen) atoms. The molecule has 0 fully saturated rings. The minimum Gasteiger partial charge on any atom is -0.489 e. The van der Waals surface area contributed by atoms with Gasteiger partial charge in [0.15, 0.2) is 5.82 Å². The van der Waals surface area contributed by atoms with E-state index in [4.69, 9.17) is 16.3 Å². The first-order valence-electron chi connectivity index (χ1n) is 7.04. The van der Waals surface area contributed by atoms with Crippen LogP contribution in [-0.4, -0.2) is 26.7 Å². The maximum Gasteiger partial charge on any atom is 0.325 e. The third kappa shape index (κ3) is 3.19. The molecule has 0 saturated heterocycles. The topological polar surface area (TPSA) is 68.8 Å². The lowest BCUT2D eigenvalue weighted by molar-refractivity contribution is 0.170. The Morgan fingerprint density at radius 3 is 2.83 bits per heavy atom. The fourth-order valence-electron chi connectivity index (χ4n) is 2.32. The van der Waals surface area contributed by atoms with Crippen LogP contribution in [0, 0.1) is 5.82 Å². The van der Waals surface area contributed by atoms with E-state index in [2.05, 4.69) is 4.99 Å². The predicted octanol–water partition coefficient (Wildman–Crippen LogP) is 1.90. The van der Waals surface area contributed by atoms with Crippen LogP contribution in [0.15, 0.2) is 21.9 Å². The second-order valence-corrected chi connectivity index (χ2v) is 6.81. The Kier molecular flexibility index (Phi) is 4.31. The van der Waals surface area contributed by atoms with Crippen molar-refractivity contribution in [3.63, 3.8) is 0 Å². The number of nitrogens with zero attached hydrogens (tertiary/aromatic N) is 3. The van der Waals surface area contributed by atoms with Gasteiger partial charge in [-0.3, -0.25) is 9.48 Å². The van der Waals surface area contributed by atoms with E-state index >= 15 is 0 Å². The summed E-state index contributed by atoms with van der Waals surface area (Å²) in [5, 5.41) is 9.82. The number of hydrogen-bond donors (Lipinski definition) is 1. The maximum atomic E-state index is 14.1. The van der Waals surface area contributed by atoms with Crippen molar-refractivity contribution in [2.45, 2.75) is 39.1 Å². The molecule has 0 spiro atoms. The summed E-state index contributed by atoms with van der Waals surface area (Å²) < 4.78 is 22.6. The molecule has 0 aliphatic carbocycles. The zero-order valence-corrected chi connectivity index (χ0v) is 14.1. The lowest BCUT2D eigenvalue weighted by Crippen LogP contribution is -2.20. The van der Waals surface area contributed by atoms with Gasteiger partial charge in [0.2, 0.25) is 4.80 Å². The summed E-state index contributed by atoms with van der Waals surface area (Å²) in [5.74, 6) is -0.278. The van der Waals surface area contributed by atoms with E-state index in [1.807, 2.05) is 13.8 Å². The molecule has 0 bridgehead atoms. The molecule has 2 aromatic rings. The van der Waals surface area contributed by atoms with Crippen molar-refractivity contribution in [2.24, 2.45) is 4.99 Å². The van der Waals surface area contributed by atoms with Gasteiger partial charge < -0.3 is 9.84 Å². The van der Waals surface area contributed by atoms with Crippen LogP contribution in [0.2, 0.25) is 5.02 Å². The van der Waals surface area contributed by atoms with Crippen LogP contribution in [0.4, 0.5) is 10.1 Å². The van der Waals surface area contributed by atoms with Crippen molar-refractivity contribution in [1.82, 2.24) is 9.36 Å². The van der Waals surface area contributed by atoms with E-state index in [1.165, 1.54) is 10.7 Å². The molecule has 0 saturated carbocycles. The van der Waals surface area contributed by atoms with Gasteiger partial charge in [0, 0.05) is 6.07 Å². The molecular weight excluding hydrogens is 345 g/mol. The van der Waals surface area contributed by atoms with Crippen LogP contribution in [0.1, 0.15) is 13.8 Å². The number of aliphatic hydroxyl groups excluding tert-OH is 1. The van der Waals surface area contributed by atoms with E-state index in [0.717, 1.165) is 17.4 Å². The number of aromatic nitrogens is 2. The zero-order valence-electron chi connectivity index (χ0n) is 12.5. The first-order chi connectivity index (χ1) is 10.8. The number of rotatable bonds is 3. The first kappa shape index (κ1) is 16.2. The summed E-state index contributed by atoms with van der Waals surface area (Å²) in [5.41, 5.74) is 0.0311. The number of hydrogen-bond acceptors (Lipinski definition) is 5. The molecule has 1 unspecified atom stereocenters. The summed E-state index contributed by atoms with van der Waals surface area (Å²) in [6.07, 6.45) is -0.759. The molecular formula is C14H15ClFN3O3S. The lowest BCUT2D eigenvalue weighted by Gasteiger charge is -2.12. The average molecular weight is 360 g/mol. The summed E-state index contributed by atoms with van der Waals surface area (Å²) >= 11 is 6.87. The number of ether oxygens (including phenoxy) is 1. The van der Waals surface area contributed by atoms with Gasteiger partial charge in [-0.25, -0.2) is 14.1 Å². The van der Waals surface area contributed by atoms with Crippen LogP contribution in [0.5, 0.6) is 5.75 Å². The molecule has 9 heteroatoms. The highest BCUT2D eigenvalue weighted by molar-refractivity contribution is 7.06. The van der Waals surface area contributed by atoms with Crippen molar-refractivity contribution in [2.75, 3.05) is 0 Å². The van der Waals surface area contributed by atoms with Crippen LogP contribution in [0.25, 0.3) is 0 Å². The predicted molar refractivity (Wildman–Crippen MR) is 85.0 cm³/mol. The molecule has 3 rings (SSSR count). The molecule has 1 aromatic heterocycles. The first-order valence-corrected chi connectivity index (χ1v) is 8.24. The van der Waals surface area contributed by atoms with Crippen LogP contribution in [-0.2, 0) is 13.1 Å². The van der Waals surface area contributed by atoms with Gasteiger partial charge in [0.25, 0.3) is 0 Å². The monoisotopic (exact) mass is 359 g/mol. The van der Waals surface area contributed by atoms with Gasteiger partial charge >= 0.3 is 4.87 Å². The quantitative estimate of drug-likeness (QED) is 0.910. The molecule has 1 atom stereocenters. The van der Waals surface area contributed by atoms with E-state index in [0.29, 0.717) is 10.6 Å². The highest BCUT2D eigenvalue weighted by atomic mass is 35.5. The van der Waals surface area contributed by atoms with Gasteiger partial charge in [-0.05, 0) is 31.3 Å². The minimum atomic E-state index is -0.639. The van der Waals surface area contributed by atoms with Gasteiger partial charge in [0.05, 0.1) is 30.3 Å². The number of aliphatic hydroxyl groups is 1. The second-order valence-electron chi connectivity index (χ2n) is 5.48. The van der Waals surface area contributed by atoms with Gasteiger partial charge in [-0.15, -0.1) is 0 Å². The Morgan fingerprint density at radius 2 is 2.13 bits per heavy atom. The molecule has 1 aliphatic rings. The smallest absolute Gasteiger partial charge is 0.325 e. The van der Waals surface area contributed by atoms with Crippen LogP contribution in [0.3, 0.4) is 0 Å². The number of halogens is 2. The van der Waals surface area contributed by atoms with Crippen molar-refractivity contribution in [3.05, 3.63) is 37.4 Å². The fourth-order valence-corrected chi connectivity index (χ4v) is 3.38. The standard InChI is InChI=1S/C14H15ClFN3O3S/c1-7(2)22-12-4-11(10(16)3-9(12)15)17-13-18-5-8(20)6-19(18)14(21)23-13/h3-4,7-8,20H,5-6H2,1-2H3/b17-13+. The molecule has 1 aromatic carbocycles. The maximum absolute atomic E-state index is 14.1. The Bertz CT molecular complexity index is 871. The Hall–Kier alpha value is -1.64. The largest absolute Gasteiger partial charge is 0.489 e. The molecule has 0 amide bonds. The van der Waals surface area contributed by atoms with E-state index in [1.54, 1.807) is 4.68 Å². The molecule has 0 radical (unpaired) electrons. The second kappa shape index (κ2) is 6.10. The SMILES string of the molecule is CC(C)Oc1cc(/N=c2/sc(=O)n3n2CC(O)C3)c(F)cc1Cl. The molecule has 1 N–H and O–H groups in total. The molecule has 6 nitrogen and oxygen atoms in total. The molecule has 2 heterocycles. The van der Waals surface area contributed by atoms with Crippen molar-refractivity contribution in [1.29, 1.82) is 0 Å². The number of fused-ring (bicyclic) bond motifs is 1. The van der Waals surface area contributed by atoms with E-state index < -0.39 is 11.9 Å². The average Bonchev–Trinajstić information content (AvgIpc) is 2.95. The van der Waals surface area contributed by atoms with Crippen molar-refractivity contribution >= 4 is 28.6 Å². The summed E-state index contributed by atoms with van der Waals surface area (Å²) in [4.78, 5) is 16.2. The van der Waals surface area contributed by atoms with Crippen molar-refractivity contribution < 1.29 is 14.2 Å². The number of benzene rings is 1. The van der Waals surface area contributed by atoms with Crippen molar-refractivity contribution in [3.8, 4) is 5.75 Å². The Balaban J connectivity index is 2.10. The Morgan fingerprint density at radius 1 is 1.43 bits per heavy atom. The minimum absolute atomic E-state index is 0.0311. The van der Waals surface area contributed by atoms with Crippen LogP contribution < -0.4 is 14.4 Å². The third-order valence-corrected chi connectivity index (χ3v) is 4.41. The highest BCUT2D eigenvalue weighted by Crippen LogP contribution is 2.32. The fraction of sp³-hybridized carbons (Fsp3) is 0.429. The molecule has 1 aliphatic heterocycles. The molecule has 124 valence electrons. The van der Waals surface area contributed by atoms with Gasteiger partial charge in [0.1, 0.15) is 11.4 Å². The zero-order chi connectivity index (χ0) is 16.7. The Labute approximate surface area is 140 Å². The normalized spacial score (nSPS) is 17.8. The third-order valence-electron chi connectivity index (χ3n) is 3.25. The summed E-state index contributed by atoms with van der Waals surface area (Å²) in [7, 11) is 0. The summed E-state index contributed by atoms with van der Waals surface area (Å²) in [6, 6.07) is 2.54. The van der Waals surface area contributed by atoms with E-state index in [9.17, 15) is 14.3 Å². The van der Waals surface area contributed by atoms with Gasteiger partial charge in [-0.2, -0.15) is 0 Å². The van der Waals surface area contributed by atoms with Gasteiger partial charge in [-0.1, -0.05) is 11.6 Å². The van der Waals surface area contributed by atoms with Crippen LogP contribution >= 0.6 is 22.9 Å². The lowest BCUT2D eigenvalue weighted by atomic mass is 10.3. The summed E-state index contributed by atoms with van der Waals surface area (Å²) in [6.45, 7) is 4.14.